The summed E-state index contributed by atoms with van der Waals surface area (Å²) >= 11 is 0. The van der Waals surface area contributed by atoms with Crippen molar-refractivity contribution in [1.29, 1.82) is 0 Å². The zero-order valence-corrected chi connectivity index (χ0v) is 15.6. The molecule has 1 N–H and O–H groups in total. The Kier molecular flexibility index (Phi) is 4.33. The number of rotatable bonds is 3. The Balaban J connectivity index is 1.30. The van der Waals surface area contributed by atoms with Crippen LogP contribution in [-0.4, -0.2) is 34.6 Å². The van der Waals surface area contributed by atoms with E-state index in [1.165, 1.54) is 12.1 Å². The molecule has 0 bridgehead atoms. The molecule has 3 aliphatic rings. The first-order valence-electron chi connectivity index (χ1n) is 9.73. The van der Waals surface area contributed by atoms with Gasteiger partial charge in [0.05, 0.1) is 11.2 Å². The molecule has 1 saturated heterocycles. The minimum Gasteiger partial charge on any atom is -0.390 e. The number of carbonyl (C=O) groups is 1. The van der Waals surface area contributed by atoms with Crippen molar-refractivity contribution in [3.05, 3.63) is 35.4 Å². The SMILES string of the molecule is CC1(O)CC(C(=O)N2CC3(CC[C@@H](Cc4cccc(C(F)(F)F)c4)C3)C2)C1. The predicted molar refractivity (Wildman–Crippen MR) is 94.8 cm³/mol. The molecule has 1 heterocycles. The van der Waals surface area contributed by atoms with Crippen molar-refractivity contribution in [3.63, 3.8) is 0 Å². The summed E-state index contributed by atoms with van der Waals surface area (Å²) in [7, 11) is 0. The van der Waals surface area contributed by atoms with E-state index < -0.39 is 17.3 Å². The van der Waals surface area contributed by atoms with Crippen LogP contribution in [0.3, 0.4) is 0 Å². The molecule has 0 radical (unpaired) electrons. The molecule has 1 atom stereocenters. The van der Waals surface area contributed by atoms with E-state index in [1.54, 1.807) is 13.0 Å². The third-order valence-corrected chi connectivity index (χ3v) is 6.67. The van der Waals surface area contributed by atoms with Gasteiger partial charge in [-0.2, -0.15) is 13.2 Å². The van der Waals surface area contributed by atoms with E-state index in [4.69, 9.17) is 0 Å². The minimum absolute atomic E-state index is 0.0420. The second-order valence-electron chi connectivity index (χ2n) is 9.31. The number of nitrogens with zero attached hydrogens (tertiary/aromatic N) is 1. The molecule has 6 heteroatoms. The normalized spacial score (nSPS) is 32.3. The highest BCUT2D eigenvalue weighted by Gasteiger charge is 2.52. The molecule has 4 rings (SSSR count). The molecule has 1 aromatic rings. The van der Waals surface area contributed by atoms with Crippen LogP contribution in [0, 0.1) is 17.3 Å². The van der Waals surface area contributed by atoms with Crippen LogP contribution in [0.25, 0.3) is 0 Å². The van der Waals surface area contributed by atoms with Gasteiger partial charge in [-0.1, -0.05) is 18.2 Å². The first kappa shape index (κ1) is 18.8. The van der Waals surface area contributed by atoms with Crippen molar-refractivity contribution >= 4 is 5.91 Å². The number of halogens is 3. The van der Waals surface area contributed by atoms with Crippen molar-refractivity contribution in [2.75, 3.05) is 13.1 Å². The highest BCUT2D eigenvalue weighted by Crippen LogP contribution is 2.50. The van der Waals surface area contributed by atoms with Crippen LogP contribution >= 0.6 is 0 Å². The predicted octanol–water partition coefficient (Wildman–Crippen LogP) is 4.04. The van der Waals surface area contributed by atoms with Gasteiger partial charge in [0, 0.05) is 24.4 Å². The quantitative estimate of drug-likeness (QED) is 0.859. The largest absolute Gasteiger partial charge is 0.416 e. The molecule has 2 aliphatic carbocycles. The zero-order chi connectivity index (χ0) is 19.4. The number of alkyl halides is 3. The van der Waals surface area contributed by atoms with Gasteiger partial charge >= 0.3 is 6.18 Å². The Morgan fingerprint density at radius 3 is 2.59 bits per heavy atom. The number of hydrogen-bond donors (Lipinski definition) is 1. The van der Waals surface area contributed by atoms with E-state index >= 15 is 0 Å². The van der Waals surface area contributed by atoms with Gasteiger partial charge in [0.25, 0.3) is 0 Å². The first-order chi connectivity index (χ1) is 12.6. The highest BCUT2D eigenvalue weighted by atomic mass is 19.4. The van der Waals surface area contributed by atoms with Crippen molar-refractivity contribution in [3.8, 4) is 0 Å². The Bertz CT molecular complexity index is 729. The Morgan fingerprint density at radius 2 is 1.96 bits per heavy atom. The summed E-state index contributed by atoms with van der Waals surface area (Å²) in [5.74, 6) is 0.503. The van der Waals surface area contributed by atoms with E-state index in [-0.39, 0.29) is 17.2 Å². The summed E-state index contributed by atoms with van der Waals surface area (Å²) in [6, 6.07) is 5.65. The van der Waals surface area contributed by atoms with Crippen LogP contribution in [0.5, 0.6) is 0 Å². The van der Waals surface area contributed by atoms with Crippen LogP contribution in [0.4, 0.5) is 13.2 Å². The van der Waals surface area contributed by atoms with Crippen molar-refractivity contribution in [2.24, 2.45) is 17.3 Å². The lowest BCUT2D eigenvalue weighted by Crippen LogP contribution is -2.61. The van der Waals surface area contributed by atoms with Gasteiger partial charge in [0.1, 0.15) is 0 Å². The van der Waals surface area contributed by atoms with Crippen molar-refractivity contribution in [1.82, 2.24) is 4.90 Å². The van der Waals surface area contributed by atoms with Crippen molar-refractivity contribution < 1.29 is 23.1 Å². The summed E-state index contributed by atoms with van der Waals surface area (Å²) in [6.07, 6.45) is 0.509. The number of likely N-dealkylation sites (tertiary alicyclic amines) is 1. The number of amides is 1. The van der Waals surface area contributed by atoms with Crippen molar-refractivity contribution in [2.45, 2.75) is 57.2 Å². The van der Waals surface area contributed by atoms with Gasteiger partial charge < -0.3 is 10.0 Å². The van der Waals surface area contributed by atoms with Gasteiger partial charge in [-0.3, -0.25) is 4.79 Å². The molecule has 0 aromatic heterocycles. The fourth-order valence-corrected chi connectivity index (χ4v) is 5.35. The van der Waals surface area contributed by atoms with E-state index in [2.05, 4.69) is 0 Å². The average molecular weight is 381 g/mol. The van der Waals surface area contributed by atoms with Crippen LogP contribution in [0.1, 0.15) is 50.2 Å². The summed E-state index contributed by atoms with van der Waals surface area (Å²) in [5.41, 5.74) is -0.360. The molecule has 1 aliphatic heterocycles. The maximum Gasteiger partial charge on any atom is 0.416 e. The van der Waals surface area contributed by atoms with Gasteiger partial charge in [-0.05, 0) is 63.0 Å². The molecule has 3 fully saturated rings. The maximum atomic E-state index is 12.9. The Morgan fingerprint density at radius 1 is 1.26 bits per heavy atom. The monoisotopic (exact) mass is 381 g/mol. The van der Waals surface area contributed by atoms with E-state index in [0.717, 1.165) is 44.0 Å². The van der Waals surface area contributed by atoms with Gasteiger partial charge in [0.2, 0.25) is 5.91 Å². The highest BCUT2D eigenvalue weighted by molar-refractivity contribution is 5.81. The lowest BCUT2D eigenvalue weighted by molar-refractivity contribution is -0.161. The number of carbonyl (C=O) groups excluding carboxylic acids is 1. The smallest absolute Gasteiger partial charge is 0.390 e. The molecule has 1 amide bonds. The first-order valence-corrected chi connectivity index (χ1v) is 9.73. The van der Waals surface area contributed by atoms with Crippen LogP contribution < -0.4 is 0 Å². The van der Waals surface area contributed by atoms with Crippen LogP contribution in [0.15, 0.2) is 24.3 Å². The van der Waals surface area contributed by atoms with Crippen LogP contribution in [-0.2, 0) is 17.4 Å². The van der Waals surface area contributed by atoms with Gasteiger partial charge in [-0.25, -0.2) is 0 Å². The maximum absolute atomic E-state index is 12.9. The third kappa shape index (κ3) is 3.73. The fourth-order valence-electron chi connectivity index (χ4n) is 5.35. The minimum atomic E-state index is -4.30. The van der Waals surface area contributed by atoms with Crippen LogP contribution in [0.2, 0.25) is 0 Å². The summed E-state index contributed by atoms with van der Waals surface area (Å²) in [5, 5.41) is 9.81. The topological polar surface area (TPSA) is 40.5 Å². The lowest BCUT2D eigenvalue weighted by atomic mass is 9.69. The number of hydrogen-bond acceptors (Lipinski definition) is 2. The molecular weight excluding hydrogens is 355 g/mol. The van der Waals surface area contributed by atoms with E-state index in [9.17, 15) is 23.1 Å². The third-order valence-electron chi connectivity index (χ3n) is 6.67. The summed E-state index contributed by atoms with van der Waals surface area (Å²) < 4.78 is 38.6. The Hall–Kier alpha value is -1.56. The molecule has 148 valence electrons. The van der Waals surface area contributed by atoms with E-state index in [1.807, 2.05) is 4.90 Å². The molecule has 0 unspecified atom stereocenters. The molecule has 1 spiro atoms. The second kappa shape index (κ2) is 6.23. The average Bonchev–Trinajstić information content (AvgIpc) is 2.94. The van der Waals surface area contributed by atoms with Gasteiger partial charge in [-0.15, -0.1) is 0 Å². The molecule has 27 heavy (non-hydrogen) atoms. The second-order valence-corrected chi connectivity index (χ2v) is 9.31. The van der Waals surface area contributed by atoms with Gasteiger partial charge in [0.15, 0.2) is 0 Å². The summed E-state index contributed by atoms with van der Waals surface area (Å²) in [4.78, 5) is 14.4. The summed E-state index contributed by atoms with van der Waals surface area (Å²) in [6.45, 7) is 3.30. The fraction of sp³-hybridized carbons (Fsp3) is 0.667. The molecule has 2 saturated carbocycles. The standard InChI is InChI=1S/C21H26F3NO2/c1-19(27)10-16(11-19)18(26)25-12-20(13-25)6-5-15(9-20)7-14-3-2-4-17(8-14)21(22,23)24/h2-4,8,15-16,27H,5-7,9-13H2,1H3/t15-,16?,19?/m0/s1. The van der Waals surface area contributed by atoms with E-state index in [0.29, 0.717) is 25.2 Å². The molecular formula is C21H26F3NO2. The lowest BCUT2D eigenvalue weighted by Gasteiger charge is -2.52. The Labute approximate surface area is 157 Å². The zero-order valence-electron chi connectivity index (χ0n) is 15.6. The number of aliphatic hydroxyl groups is 1. The number of benzene rings is 1. The molecule has 1 aromatic carbocycles. The molecule has 3 nitrogen and oxygen atoms in total.